The molecule has 7 nitrogen and oxygen atoms in total. The van der Waals surface area contributed by atoms with E-state index in [0.29, 0.717) is 5.76 Å². The number of nitrogens with zero attached hydrogens (tertiary/aromatic N) is 3. The van der Waals surface area contributed by atoms with Crippen molar-refractivity contribution in [3.05, 3.63) is 48.4 Å². The van der Waals surface area contributed by atoms with E-state index in [1.807, 2.05) is 19.1 Å². The summed E-state index contributed by atoms with van der Waals surface area (Å²) in [5.74, 6) is 2.24. The van der Waals surface area contributed by atoms with E-state index in [0.717, 1.165) is 44.4 Å². The molecule has 7 heteroatoms. The topological polar surface area (TPSA) is 73.5 Å². The summed E-state index contributed by atoms with van der Waals surface area (Å²) in [6.07, 6.45) is 0.831. The lowest BCUT2D eigenvalue weighted by Gasteiger charge is -2.37. The predicted molar refractivity (Wildman–Crippen MR) is 106 cm³/mol. The molecule has 1 unspecified atom stereocenters. The minimum absolute atomic E-state index is 0.270. The Morgan fingerprint density at radius 3 is 2.74 bits per heavy atom. The largest absolute Gasteiger partial charge is 0.497 e. The number of guanidine groups is 1. The van der Waals surface area contributed by atoms with Crippen LogP contribution in [0.1, 0.15) is 18.8 Å². The highest BCUT2D eigenvalue weighted by molar-refractivity contribution is 5.80. The number of aliphatic hydroxyl groups excluding tert-OH is 1. The molecule has 3 rings (SSSR count). The minimum Gasteiger partial charge on any atom is -0.497 e. The Balaban J connectivity index is 1.60. The van der Waals surface area contributed by atoms with Gasteiger partial charge in [0.15, 0.2) is 5.96 Å². The summed E-state index contributed by atoms with van der Waals surface area (Å²) in [5.41, 5.74) is 1.17. The number of rotatable bonds is 6. The van der Waals surface area contributed by atoms with Crippen LogP contribution in [-0.2, 0) is 0 Å². The summed E-state index contributed by atoms with van der Waals surface area (Å²) in [5, 5.41) is 13.5. The van der Waals surface area contributed by atoms with Crippen molar-refractivity contribution in [1.29, 1.82) is 0 Å². The maximum Gasteiger partial charge on any atom is 0.194 e. The van der Waals surface area contributed by atoms with Crippen LogP contribution in [0.4, 0.5) is 5.69 Å². The number of hydrogen-bond acceptors (Lipinski definition) is 5. The number of furan rings is 1. The molecule has 146 valence electrons. The molecule has 1 aliphatic heterocycles. The van der Waals surface area contributed by atoms with Gasteiger partial charge in [-0.15, -0.1) is 0 Å². The van der Waals surface area contributed by atoms with E-state index >= 15 is 0 Å². The van der Waals surface area contributed by atoms with Crippen LogP contribution in [0.15, 0.2) is 52.1 Å². The van der Waals surface area contributed by atoms with Crippen molar-refractivity contribution in [2.75, 3.05) is 51.3 Å². The number of aliphatic imine (C=N–C) groups is 1. The monoisotopic (exact) mass is 372 g/mol. The average Bonchev–Trinajstić information content (AvgIpc) is 3.26. The molecule has 0 amide bonds. The zero-order valence-electron chi connectivity index (χ0n) is 16.0. The van der Waals surface area contributed by atoms with Gasteiger partial charge in [-0.2, -0.15) is 0 Å². The summed E-state index contributed by atoms with van der Waals surface area (Å²) in [4.78, 5) is 9.18. The van der Waals surface area contributed by atoms with Crippen molar-refractivity contribution in [1.82, 2.24) is 10.2 Å². The van der Waals surface area contributed by atoms with Crippen molar-refractivity contribution in [3.8, 4) is 5.75 Å². The van der Waals surface area contributed by atoms with Crippen molar-refractivity contribution >= 4 is 11.6 Å². The first-order chi connectivity index (χ1) is 13.2. The van der Waals surface area contributed by atoms with E-state index in [1.54, 1.807) is 25.5 Å². The van der Waals surface area contributed by atoms with Crippen molar-refractivity contribution in [2.45, 2.75) is 13.0 Å². The SMILES string of the molecule is CCNC(=NCC(O)c1ccco1)N1CCN(c2cccc(OC)c2)CC1. The van der Waals surface area contributed by atoms with Crippen LogP contribution < -0.4 is 15.0 Å². The second-order valence-corrected chi connectivity index (χ2v) is 6.40. The fourth-order valence-electron chi connectivity index (χ4n) is 3.15. The van der Waals surface area contributed by atoms with E-state index in [4.69, 9.17) is 9.15 Å². The van der Waals surface area contributed by atoms with Gasteiger partial charge in [-0.3, -0.25) is 0 Å². The molecule has 1 aliphatic rings. The lowest BCUT2D eigenvalue weighted by molar-refractivity contribution is 0.158. The first-order valence-electron chi connectivity index (χ1n) is 9.35. The van der Waals surface area contributed by atoms with Gasteiger partial charge in [0, 0.05) is 44.5 Å². The van der Waals surface area contributed by atoms with Crippen LogP contribution in [0.5, 0.6) is 5.75 Å². The van der Waals surface area contributed by atoms with Gasteiger partial charge in [0.1, 0.15) is 17.6 Å². The number of anilines is 1. The lowest BCUT2D eigenvalue weighted by Crippen LogP contribution is -2.52. The maximum atomic E-state index is 10.2. The highest BCUT2D eigenvalue weighted by Crippen LogP contribution is 2.22. The molecule has 0 bridgehead atoms. The first-order valence-corrected chi connectivity index (χ1v) is 9.35. The van der Waals surface area contributed by atoms with E-state index < -0.39 is 6.10 Å². The van der Waals surface area contributed by atoms with Gasteiger partial charge in [-0.1, -0.05) is 6.07 Å². The van der Waals surface area contributed by atoms with Crippen LogP contribution in [0, 0.1) is 0 Å². The molecule has 1 saturated heterocycles. The fraction of sp³-hybridized carbons (Fsp3) is 0.450. The first kappa shape index (κ1) is 19.1. The van der Waals surface area contributed by atoms with E-state index in [2.05, 4.69) is 32.2 Å². The van der Waals surface area contributed by atoms with Gasteiger partial charge >= 0.3 is 0 Å². The van der Waals surface area contributed by atoms with Gasteiger partial charge in [0.2, 0.25) is 0 Å². The fourth-order valence-corrected chi connectivity index (χ4v) is 3.15. The molecule has 2 heterocycles. The Labute approximate surface area is 160 Å². The van der Waals surface area contributed by atoms with Crippen LogP contribution in [0.3, 0.4) is 0 Å². The normalized spacial score (nSPS) is 16.3. The van der Waals surface area contributed by atoms with Crippen LogP contribution in [0.2, 0.25) is 0 Å². The van der Waals surface area contributed by atoms with Gasteiger partial charge < -0.3 is 29.4 Å². The zero-order valence-corrected chi connectivity index (χ0v) is 16.0. The molecule has 1 aromatic carbocycles. The highest BCUT2D eigenvalue weighted by atomic mass is 16.5. The van der Waals surface area contributed by atoms with Crippen LogP contribution in [0.25, 0.3) is 0 Å². The molecule has 2 N–H and O–H groups in total. The zero-order chi connectivity index (χ0) is 19.1. The third-order valence-corrected chi connectivity index (χ3v) is 4.62. The molecular weight excluding hydrogens is 344 g/mol. The molecule has 0 spiro atoms. The molecule has 1 fully saturated rings. The standard InChI is InChI=1S/C20H28N4O3/c1-3-21-20(22-15-18(25)19-8-5-13-27-19)24-11-9-23(10-12-24)16-6-4-7-17(14-16)26-2/h4-8,13-14,18,25H,3,9-12,15H2,1-2H3,(H,21,22). The Hall–Kier alpha value is -2.67. The summed E-state index contributed by atoms with van der Waals surface area (Å²) < 4.78 is 10.6. The number of nitrogens with one attached hydrogen (secondary N) is 1. The maximum absolute atomic E-state index is 10.2. The van der Waals surface area contributed by atoms with E-state index in [9.17, 15) is 5.11 Å². The molecular formula is C20H28N4O3. The van der Waals surface area contributed by atoms with Crippen molar-refractivity contribution in [2.24, 2.45) is 4.99 Å². The van der Waals surface area contributed by atoms with Gasteiger partial charge in [0.25, 0.3) is 0 Å². The molecule has 1 aromatic heterocycles. The lowest BCUT2D eigenvalue weighted by atomic mass is 10.2. The molecule has 27 heavy (non-hydrogen) atoms. The Kier molecular flexibility index (Phi) is 6.59. The number of piperazine rings is 1. The van der Waals surface area contributed by atoms with Crippen molar-refractivity contribution in [3.63, 3.8) is 0 Å². The van der Waals surface area contributed by atoms with Crippen LogP contribution >= 0.6 is 0 Å². The third-order valence-electron chi connectivity index (χ3n) is 4.62. The number of benzene rings is 1. The Morgan fingerprint density at radius 2 is 2.07 bits per heavy atom. The van der Waals surface area contributed by atoms with Crippen molar-refractivity contribution < 1.29 is 14.3 Å². The predicted octanol–water partition coefficient (Wildman–Crippen LogP) is 2.11. The Morgan fingerprint density at radius 1 is 1.26 bits per heavy atom. The van der Waals surface area contributed by atoms with Crippen LogP contribution in [-0.4, -0.2) is 62.3 Å². The van der Waals surface area contributed by atoms with Gasteiger partial charge in [-0.25, -0.2) is 4.99 Å². The second-order valence-electron chi connectivity index (χ2n) is 6.40. The quantitative estimate of drug-likeness (QED) is 0.598. The summed E-state index contributed by atoms with van der Waals surface area (Å²) in [6.45, 7) is 6.62. The van der Waals surface area contributed by atoms with Gasteiger partial charge in [0.05, 0.1) is 19.9 Å². The van der Waals surface area contributed by atoms with E-state index in [-0.39, 0.29) is 6.54 Å². The molecule has 2 aromatic rings. The van der Waals surface area contributed by atoms with Gasteiger partial charge in [-0.05, 0) is 31.2 Å². The Bertz CT molecular complexity index is 725. The summed E-state index contributed by atoms with van der Waals surface area (Å²) in [7, 11) is 1.69. The summed E-state index contributed by atoms with van der Waals surface area (Å²) >= 11 is 0. The molecule has 0 saturated carbocycles. The smallest absolute Gasteiger partial charge is 0.194 e. The molecule has 1 atom stereocenters. The highest BCUT2D eigenvalue weighted by Gasteiger charge is 2.20. The third kappa shape index (κ3) is 4.95. The average molecular weight is 372 g/mol. The number of aliphatic hydroxyl groups is 1. The number of hydrogen-bond donors (Lipinski definition) is 2. The second kappa shape index (κ2) is 9.32. The summed E-state index contributed by atoms with van der Waals surface area (Å²) in [6, 6.07) is 11.7. The minimum atomic E-state index is -0.730. The number of ether oxygens (including phenoxy) is 1. The number of methoxy groups -OCH3 is 1. The molecule has 0 radical (unpaired) electrons. The van der Waals surface area contributed by atoms with E-state index in [1.165, 1.54) is 5.69 Å². The molecule has 0 aliphatic carbocycles.